The Labute approximate surface area is 221 Å². The Kier molecular flexibility index (Phi) is 8.56. The van der Waals surface area contributed by atoms with Crippen LogP contribution >= 0.6 is 23.2 Å². The lowest BCUT2D eigenvalue weighted by Gasteiger charge is -2.28. The highest BCUT2D eigenvalue weighted by atomic mass is 35.5. The lowest BCUT2D eigenvalue weighted by Crippen LogP contribution is -2.32. The van der Waals surface area contributed by atoms with Crippen molar-refractivity contribution in [3.05, 3.63) is 70.1 Å². The van der Waals surface area contributed by atoms with Gasteiger partial charge in [0, 0.05) is 5.02 Å². The van der Waals surface area contributed by atoms with Crippen molar-refractivity contribution in [2.45, 2.75) is 31.3 Å². The summed E-state index contributed by atoms with van der Waals surface area (Å²) < 4.78 is 40.4. The second kappa shape index (κ2) is 11.6. The molecule has 1 fully saturated rings. The first-order chi connectivity index (χ1) is 17.2. The van der Waals surface area contributed by atoms with Crippen LogP contribution in [-0.2, 0) is 16.6 Å². The fraction of sp³-hybridized carbons (Fsp3) is 0.360. The molecular formula is C25H28Cl2N4O4S. The molecule has 0 aliphatic carbocycles. The van der Waals surface area contributed by atoms with Crippen LogP contribution in [0.5, 0.6) is 11.6 Å². The monoisotopic (exact) mass is 550 g/mol. The number of hydrogen-bond acceptors (Lipinski definition) is 7. The summed E-state index contributed by atoms with van der Waals surface area (Å²) in [7, 11) is -1.81. The van der Waals surface area contributed by atoms with E-state index in [2.05, 4.69) is 26.6 Å². The van der Waals surface area contributed by atoms with Gasteiger partial charge in [-0.1, -0.05) is 35.3 Å². The zero-order valence-electron chi connectivity index (χ0n) is 20.1. The molecular weight excluding hydrogens is 523 g/mol. The molecule has 1 aromatic heterocycles. The van der Waals surface area contributed by atoms with E-state index >= 15 is 0 Å². The smallest absolute Gasteiger partial charge is 0.262 e. The number of piperidine rings is 1. The minimum atomic E-state index is -3.94. The Bertz CT molecular complexity index is 1320. The molecule has 0 radical (unpaired) electrons. The normalized spacial score (nSPS) is 15.0. The van der Waals surface area contributed by atoms with E-state index in [4.69, 9.17) is 32.7 Å². The summed E-state index contributed by atoms with van der Waals surface area (Å²) in [4.78, 5) is 10.4. The summed E-state index contributed by atoms with van der Waals surface area (Å²) >= 11 is 12.5. The molecule has 1 saturated heterocycles. The van der Waals surface area contributed by atoms with E-state index in [0.29, 0.717) is 33.9 Å². The fourth-order valence-corrected chi connectivity index (χ4v) is 5.63. The van der Waals surface area contributed by atoms with Gasteiger partial charge in [-0.05, 0) is 81.2 Å². The van der Waals surface area contributed by atoms with Crippen LogP contribution in [-0.4, -0.2) is 50.0 Å². The fourth-order valence-electron chi connectivity index (χ4n) is 3.92. The van der Waals surface area contributed by atoms with E-state index in [9.17, 15) is 8.42 Å². The highest BCUT2D eigenvalue weighted by Gasteiger charge is 2.21. The van der Waals surface area contributed by atoms with Gasteiger partial charge in [-0.2, -0.15) is 4.98 Å². The van der Waals surface area contributed by atoms with Crippen molar-refractivity contribution in [1.29, 1.82) is 0 Å². The number of nitrogens with one attached hydrogen (secondary N) is 1. The zero-order valence-corrected chi connectivity index (χ0v) is 22.4. The molecule has 0 amide bonds. The summed E-state index contributed by atoms with van der Waals surface area (Å²) in [5, 5.41) is 0.884. The van der Waals surface area contributed by atoms with E-state index in [0.717, 1.165) is 31.5 Å². The van der Waals surface area contributed by atoms with Crippen molar-refractivity contribution in [2.24, 2.45) is 5.92 Å². The third-order valence-corrected chi connectivity index (χ3v) is 8.34. The minimum Gasteiger partial charge on any atom is -0.492 e. The number of nitrogens with zero attached hydrogens (tertiary/aromatic N) is 3. The molecule has 4 rings (SSSR count). The average Bonchev–Trinajstić information content (AvgIpc) is 2.86. The highest BCUT2D eigenvalue weighted by Crippen LogP contribution is 2.30. The van der Waals surface area contributed by atoms with Crippen LogP contribution in [0, 0.1) is 12.8 Å². The molecule has 0 atom stereocenters. The number of hydrogen-bond donors (Lipinski definition) is 1. The van der Waals surface area contributed by atoms with Crippen LogP contribution in [0.4, 0.5) is 5.69 Å². The Hall–Kier alpha value is -2.59. The summed E-state index contributed by atoms with van der Waals surface area (Å²) in [6, 6.07) is 10.1. The van der Waals surface area contributed by atoms with Gasteiger partial charge in [0.15, 0.2) is 0 Å². The maximum atomic E-state index is 13.0. The second-order valence-electron chi connectivity index (χ2n) is 8.82. The van der Waals surface area contributed by atoms with Crippen LogP contribution in [0.3, 0.4) is 0 Å². The Morgan fingerprint density at radius 2 is 1.89 bits per heavy atom. The SMILES string of the molecule is Cc1c(Cl)cccc1S(=O)(=O)Nc1cncnc1OCc1ccc(Cl)c(OCC2CCN(C)CC2)c1. The van der Waals surface area contributed by atoms with Gasteiger partial charge in [0.2, 0.25) is 5.88 Å². The second-order valence-corrected chi connectivity index (χ2v) is 11.3. The van der Waals surface area contributed by atoms with Crippen LogP contribution < -0.4 is 14.2 Å². The molecule has 192 valence electrons. The average molecular weight is 551 g/mol. The third kappa shape index (κ3) is 6.59. The lowest BCUT2D eigenvalue weighted by atomic mass is 9.98. The molecule has 1 N–H and O–H groups in total. The molecule has 1 aliphatic rings. The predicted octanol–water partition coefficient (Wildman–Crippen LogP) is 5.19. The van der Waals surface area contributed by atoms with Crippen LogP contribution in [0.1, 0.15) is 24.0 Å². The van der Waals surface area contributed by atoms with E-state index < -0.39 is 10.0 Å². The number of rotatable bonds is 9. The van der Waals surface area contributed by atoms with Gasteiger partial charge in [0.05, 0.1) is 22.7 Å². The largest absolute Gasteiger partial charge is 0.492 e. The van der Waals surface area contributed by atoms with Crippen molar-refractivity contribution in [1.82, 2.24) is 14.9 Å². The number of likely N-dealkylation sites (tertiary alicyclic amines) is 1. The molecule has 0 saturated carbocycles. The number of aromatic nitrogens is 2. The number of sulfonamides is 1. The van der Waals surface area contributed by atoms with Crippen LogP contribution in [0.2, 0.25) is 10.0 Å². The van der Waals surface area contributed by atoms with Crippen molar-refractivity contribution in [3.63, 3.8) is 0 Å². The van der Waals surface area contributed by atoms with E-state index in [1.807, 2.05) is 12.1 Å². The number of ether oxygens (including phenoxy) is 2. The van der Waals surface area contributed by atoms with Crippen molar-refractivity contribution >= 4 is 38.9 Å². The van der Waals surface area contributed by atoms with E-state index in [-0.39, 0.29) is 23.1 Å². The summed E-state index contributed by atoms with van der Waals surface area (Å²) in [5.74, 6) is 1.19. The molecule has 2 heterocycles. The van der Waals surface area contributed by atoms with Gasteiger partial charge in [-0.25, -0.2) is 13.4 Å². The molecule has 3 aromatic rings. The quantitative estimate of drug-likeness (QED) is 0.391. The number of benzene rings is 2. The van der Waals surface area contributed by atoms with Gasteiger partial charge >= 0.3 is 0 Å². The Balaban J connectivity index is 1.43. The van der Waals surface area contributed by atoms with Gasteiger partial charge in [0.1, 0.15) is 24.4 Å². The minimum absolute atomic E-state index is 0.0638. The number of anilines is 1. The maximum Gasteiger partial charge on any atom is 0.262 e. The Morgan fingerprint density at radius 3 is 2.67 bits per heavy atom. The topological polar surface area (TPSA) is 93.7 Å². The predicted molar refractivity (Wildman–Crippen MR) is 141 cm³/mol. The summed E-state index contributed by atoms with van der Waals surface area (Å²) in [5.41, 5.74) is 1.36. The molecule has 8 nitrogen and oxygen atoms in total. The first-order valence-corrected chi connectivity index (χ1v) is 13.8. The van der Waals surface area contributed by atoms with Crippen LogP contribution in [0.25, 0.3) is 0 Å². The van der Waals surface area contributed by atoms with Crippen molar-refractivity contribution in [2.75, 3.05) is 31.5 Å². The van der Waals surface area contributed by atoms with Gasteiger partial charge in [0.25, 0.3) is 10.0 Å². The van der Waals surface area contributed by atoms with Crippen molar-refractivity contribution < 1.29 is 17.9 Å². The number of halogens is 2. The first kappa shape index (κ1) is 26.5. The van der Waals surface area contributed by atoms with E-state index in [1.54, 1.807) is 25.1 Å². The molecule has 0 bridgehead atoms. The molecule has 2 aromatic carbocycles. The van der Waals surface area contributed by atoms with Gasteiger partial charge < -0.3 is 14.4 Å². The molecule has 0 unspecified atom stereocenters. The van der Waals surface area contributed by atoms with Gasteiger partial charge in [-0.15, -0.1) is 0 Å². The standard InChI is InChI=1S/C25H28Cl2N4O4S/c1-17-20(26)4-3-5-24(17)36(32,33)30-22-13-28-16-29-25(22)35-15-19-6-7-21(27)23(12-19)34-14-18-8-10-31(2)11-9-18/h3-7,12-13,16,18,30H,8-11,14-15H2,1-2H3. The van der Waals surface area contributed by atoms with Crippen LogP contribution in [0.15, 0.2) is 53.8 Å². The first-order valence-electron chi connectivity index (χ1n) is 11.5. The zero-order chi connectivity index (χ0) is 25.7. The molecule has 36 heavy (non-hydrogen) atoms. The highest BCUT2D eigenvalue weighted by molar-refractivity contribution is 7.92. The molecule has 1 aliphatic heterocycles. The Morgan fingerprint density at radius 1 is 1.11 bits per heavy atom. The molecule has 11 heteroatoms. The van der Waals surface area contributed by atoms with Crippen molar-refractivity contribution in [3.8, 4) is 11.6 Å². The maximum absolute atomic E-state index is 13.0. The van der Waals surface area contributed by atoms with Gasteiger partial charge in [-0.3, -0.25) is 4.72 Å². The summed E-state index contributed by atoms with van der Waals surface area (Å²) in [6.45, 7) is 4.51. The lowest BCUT2D eigenvalue weighted by molar-refractivity contribution is 0.160. The summed E-state index contributed by atoms with van der Waals surface area (Å²) in [6.07, 6.45) is 4.82. The molecule has 0 spiro atoms. The third-order valence-electron chi connectivity index (χ3n) is 6.11. The van der Waals surface area contributed by atoms with E-state index in [1.165, 1.54) is 18.6 Å².